The van der Waals surface area contributed by atoms with Crippen LogP contribution in [0.25, 0.3) is 0 Å². The molecule has 1 heterocycles. The van der Waals surface area contributed by atoms with E-state index >= 15 is 0 Å². The number of rotatable bonds is 5. The van der Waals surface area contributed by atoms with Crippen molar-refractivity contribution in [3.8, 4) is 5.75 Å². The van der Waals surface area contributed by atoms with Gasteiger partial charge in [-0.2, -0.15) is 4.72 Å². The van der Waals surface area contributed by atoms with Crippen LogP contribution in [0.4, 0.5) is 5.69 Å². The van der Waals surface area contributed by atoms with Crippen molar-refractivity contribution in [2.24, 2.45) is 0 Å². The van der Waals surface area contributed by atoms with E-state index in [2.05, 4.69) is 4.72 Å². The molecule has 1 aliphatic rings. The summed E-state index contributed by atoms with van der Waals surface area (Å²) in [4.78, 5) is 14.4. The van der Waals surface area contributed by atoms with E-state index in [1.165, 1.54) is 0 Å². The fourth-order valence-corrected chi connectivity index (χ4v) is 4.25. The van der Waals surface area contributed by atoms with Crippen molar-refractivity contribution in [1.82, 2.24) is 4.72 Å². The predicted molar refractivity (Wildman–Crippen MR) is 100.0 cm³/mol. The van der Waals surface area contributed by atoms with E-state index in [9.17, 15) is 13.2 Å². The van der Waals surface area contributed by atoms with Crippen LogP contribution >= 0.6 is 0 Å². The van der Waals surface area contributed by atoms with Gasteiger partial charge in [0.2, 0.25) is 15.9 Å². The molecular formula is C19H22N2O4S. The van der Waals surface area contributed by atoms with Crippen molar-refractivity contribution in [3.05, 3.63) is 53.6 Å². The Morgan fingerprint density at radius 1 is 1.08 bits per heavy atom. The quantitative estimate of drug-likeness (QED) is 0.872. The molecular weight excluding hydrogens is 352 g/mol. The molecule has 1 N–H and O–H groups in total. The minimum Gasteiger partial charge on any atom is -0.497 e. The largest absolute Gasteiger partial charge is 0.497 e. The first-order valence-corrected chi connectivity index (χ1v) is 9.85. The van der Waals surface area contributed by atoms with Gasteiger partial charge >= 0.3 is 0 Å². The molecule has 0 spiro atoms. The summed E-state index contributed by atoms with van der Waals surface area (Å²) in [6.07, 6.45) is 0.426. The highest BCUT2D eigenvalue weighted by Gasteiger charge is 2.35. The molecule has 0 aromatic heterocycles. The van der Waals surface area contributed by atoms with Crippen LogP contribution in [0.15, 0.2) is 47.4 Å². The first-order valence-electron chi connectivity index (χ1n) is 8.37. The van der Waals surface area contributed by atoms with E-state index in [4.69, 9.17) is 4.74 Å². The van der Waals surface area contributed by atoms with Crippen LogP contribution in [0.2, 0.25) is 0 Å². The maximum atomic E-state index is 12.7. The van der Waals surface area contributed by atoms with Crippen LogP contribution < -0.4 is 14.4 Å². The number of amides is 1. The van der Waals surface area contributed by atoms with Gasteiger partial charge in [0.1, 0.15) is 11.8 Å². The van der Waals surface area contributed by atoms with Crippen LogP contribution in [0.5, 0.6) is 5.75 Å². The molecule has 1 aliphatic heterocycles. The normalized spacial score (nSPS) is 17.6. The molecule has 0 unspecified atom stereocenters. The van der Waals surface area contributed by atoms with Crippen molar-refractivity contribution in [2.45, 2.75) is 31.2 Å². The number of nitrogens with zero attached hydrogens (tertiary/aromatic N) is 1. The molecule has 1 atom stereocenters. The maximum absolute atomic E-state index is 12.7. The van der Waals surface area contributed by atoms with Crippen molar-refractivity contribution in [1.29, 1.82) is 0 Å². The number of benzene rings is 2. The molecule has 138 valence electrons. The van der Waals surface area contributed by atoms with Gasteiger partial charge in [-0.25, -0.2) is 8.42 Å². The third-order valence-corrected chi connectivity index (χ3v) is 6.15. The van der Waals surface area contributed by atoms with Gasteiger partial charge in [-0.3, -0.25) is 4.79 Å². The lowest BCUT2D eigenvalue weighted by molar-refractivity contribution is -0.118. The summed E-state index contributed by atoms with van der Waals surface area (Å²) < 4.78 is 32.9. The first kappa shape index (κ1) is 18.4. The second-order valence-corrected chi connectivity index (χ2v) is 8.11. The fraction of sp³-hybridized carbons (Fsp3) is 0.316. The Kier molecular flexibility index (Phi) is 5.02. The third kappa shape index (κ3) is 3.59. The molecule has 0 bridgehead atoms. The van der Waals surface area contributed by atoms with Gasteiger partial charge in [0.25, 0.3) is 0 Å². The minimum atomic E-state index is -3.75. The standard InChI is InChI=1S/C19H22N2O4S/c1-13-4-9-17(12-14(13)2)26(23,24)20-18-10-11-21(19(18)22)15-5-7-16(25-3)8-6-15/h4-9,12,18,20H,10-11H2,1-3H3/t18-/m1/s1. The van der Waals surface area contributed by atoms with Crippen molar-refractivity contribution in [3.63, 3.8) is 0 Å². The third-order valence-electron chi connectivity index (χ3n) is 4.68. The summed E-state index contributed by atoms with van der Waals surface area (Å²) in [5.41, 5.74) is 2.64. The summed E-state index contributed by atoms with van der Waals surface area (Å²) in [7, 11) is -2.17. The molecule has 1 amide bonds. The lowest BCUT2D eigenvalue weighted by Gasteiger charge is -2.18. The van der Waals surface area contributed by atoms with E-state index in [1.54, 1.807) is 54.5 Å². The van der Waals surface area contributed by atoms with Crippen LogP contribution in [-0.4, -0.2) is 34.0 Å². The summed E-state index contributed by atoms with van der Waals surface area (Å²) in [5.74, 6) is 0.454. The maximum Gasteiger partial charge on any atom is 0.245 e. The first-order chi connectivity index (χ1) is 12.3. The Labute approximate surface area is 153 Å². The fourth-order valence-electron chi connectivity index (χ4n) is 2.94. The number of aryl methyl sites for hydroxylation is 2. The molecule has 6 nitrogen and oxygen atoms in total. The molecule has 0 aliphatic carbocycles. The number of carbonyl (C=O) groups excluding carboxylic acids is 1. The Bertz CT molecular complexity index is 923. The van der Waals surface area contributed by atoms with Crippen molar-refractivity contribution >= 4 is 21.6 Å². The molecule has 1 saturated heterocycles. The number of carbonyl (C=O) groups is 1. The molecule has 7 heteroatoms. The second kappa shape index (κ2) is 7.09. The summed E-state index contributed by atoms with van der Waals surface area (Å²) in [6.45, 7) is 4.25. The molecule has 0 radical (unpaired) electrons. The monoisotopic (exact) mass is 374 g/mol. The highest BCUT2D eigenvalue weighted by atomic mass is 32.2. The van der Waals surface area contributed by atoms with E-state index in [0.717, 1.165) is 16.8 Å². The number of ether oxygens (including phenoxy) is 1. The zero-order valence-corrected chi connectivity index (χ0v) is 15.8. The lowest BCUT2D eigenvalue weighted by Crippen LogP contribution is -2.41. The second-order valence-electron chi connectivity index (χ2n) is 6.40. The van der Waals surface area contributed by atoms with Gasteiger partial charge in [-0.15, -0.1) is 0 Å². The highest BCUT2D eigenvalue weighted by molar-refractivity contribution is 7.89. The molecule has 26 heavy (non-hydrogen) atoms. The summed E-state index contributed by atoms with van der Waals surface area (Å²) in [6, 6.07) is 11.3. The zero-order valence-electron chi connectivity index (χ0n) is 15.0. The lowest BCUT2D eigenvalue weighted by atomic mass is 10.1. The molecule has 1 fully saturated rings. The van der Waals surface area contributed by atoms with Gasteiger partial charge in [-0.1, -0.05) is 6.07 Å². The Morgan fingerprint density at radius 2 is 1.77 bits per heavy atom. The summed E-state index contributed by atoms with van der Waals surface area (Å²) in [5, 5.41) is 0. The predicted octanol–water partition coefficient (Wildman–Crippen LogP) is 2.40. The Morgan fingerprint density at radius 3 is 2.38 bits per heavy atom. The average molecular weight is 374 g/mol. The van der Waals surface area contributed by atoms with E-state index < -0.39 is 16.1 Å². The van der Waals surface area contributed by atoms with Gasteiger partial charge in [0, 0.05) is 12.2 Å². The smallest absolute Gasteiger partial charge is 0.245 e. The van der Waals surface area contributed by atoms with Crippen molar-refractivity contribution < 1.29 is 17.9 Å². The minimum absolute atomic E-state index is 0.177. The summed E-state index contributed by atoms with van der Waals surface area (Å²) >= 11 is 0. The topological polar surface area (TPSA) is 75.7 Å². The average Bonchev–Trinajstić information content (AvgIpc) is 2.97. The Balaban J connectivity index is 1.76. The number of hydrogen-bond acceptors (Lipinski definition) is 4. The number of nitrogens with one attached hydrogen (secondary N) is 1. The number of methoxy groups -OCH3 is 1. The van der Waals surface area contributed by atoms with Crippen LogP contribution in [0, 0.1) is 13.8 Å². The zero-order chi connectivity index (χ0) is 18.9. The molecule has 3 rings (SSSR count). The molecule has 2 aromatic carbocycles. The SMILES string of the molecule is COc1ccc(N2CC[C@@H](NS(=O)(=O)c3ccc(C)c(C)c3)C2=O)cc1. The van der Waals surface area contributed by atoms with E-state index in [1.807, 2.05) is 13.8 Å². The van der Waals surface area contributed by atoms with Gasteiger partial charge in [0.15, 0.2) is 0 Å². The van der Waals surface area contributed by atoms with Crippen LogP contribution in [-0.2, 0) is 14.8 Å². The van der Waals surface area contributed by atoms with Crippen LogP contribution in [0.3, 0.4) is 0 Å². The highest BCUT2D eigenvalue weighted by Crippen LogP contribution is 2.25. The Hall–Kier alpha value is -2.38. The van der Waals surface area contributed by atoms with Gasteiger partial charge < -0.3 is 9.64 Å². The van der Waals surface area contributed by atoms with Crippen LogP contribution in [0.1, 0.15) is 17.5 Å². The number of hydrogen-bond donors (Lipinski definition) is 1. The number of sulfonamides is 1. The van der Waals surface area contributed by atoms with Gasteiger partial charge in [-0.05, 0) is 67.8 Å². The number of anilines is 1. The van der Waals surface area contributed by atoms with E-state index in [0.29, 0.717) is 18.7 Å². The molecule has 0 saturated carbocycles. The molecule has 2 aromatic rings. The van der Waals surface area contributed by atoms with Crippen molar-refractivity contribution in [2.75, 3.05) is 18.6 Å². The van der Waals surface area contributed by atoms with E-state index in [-0.39, 0.29) is 10.8 Å². The van der Waals surface area contributed by atoms with Gasteiger partial charge in [0.05, 0.1) is 12.0 Å².